The number of nitrogens with zero attached hydrogens (tertiary/aromatic N) is 2. The Balaban J connectivity index is 2.40. The van der Waals surface area contributed by atoms with Crippen LogP contribution in [0.3, 0.4) is 0 Å². The zero-order chi connectivity index (χ0) is 24.1. The molecule has 0 spiro atoms. The zero-order valence-electron chi connectivity index (χ0n) is 18.4. The third-order valence-electron chi connectivity index (χ3n) is 4.67. The first kappa shape index (κ1) is 25.8. The van der Waals surface area contributed by atoms with Gasteiger partial charge in [-0.3, -0.25) is 13.9 Å². The molecule has 0 heterocycles. The molecular formula is C22H27BrFN3O4S. The number of amides is 2. The van der Waals surface area contributed by atoms with Gasteiger partial charge in [0.25, 0.3) is 0 Å². The second-order valence-corrected chi connectivity index (χ2v) is 10.5. The van der Waals surface area contributed by atoms with Crippen LogP contribution in [0.5, 0.6) is 0 Å². The van der Waals surface area contributed by atoms with Crippen LogP contribution >= 0.6 is 15.9 Å². The number of hydrogen-bond donors (Lipinski definition) is 1. The van der Waals surface area contributed by atoms with E-state index in [9.17, 15) is 22.4 Å². The highest BCUT2D eigenvalue weighted by molar-refractivity contribution is 9.10. The lowest BCUT2D eigenvalue weighted by molar-refractivity contribution is -0.139. The number of carbonyl (C=O) groups excluding carboxylic acids is 2. The van der Waals surface area contributed by atoms with Crippen molar-refractivity contribution in [2.24, 2.45) is 0 Å². The molecule has 0 aromatic heterocycles. The molecular weight excluding hydrogens is 501 g/mol. The fourth-order valence-corrected chi connectivity index (χ4v) is 4.27. The van der Waals surface area contributed by atoms with Crippen LogP contribution in [0.15, 0.2) is 53.0 Å². The van der Waals surface area contributed by atoms with E-state index < -0.39 is 40.2 Å². The Morgan fingerprint density at radius 2 is 1.75 bits per heavy atom. The maximum Gasteiger partial charge on any atom is 0.244 e. The number of carbonyl (C=O) groups is 2. The largest absolute Gasteiger partial charge is 0.352 e. The monoisotopic (exact) mass is 527 g/mol. The molecule has 32 heavy (non-hydrogen) atoms. The van der Waals surface area contributed by atoms with Gasteiger partial charge in [-0.15, -0.1) is 0 Å². The summed E-state index contributed by atoms with van der Waals surface area (Å²) < 4.78 is 40.8. The van der Waals surface area contributed by atoms with Crippen molar-refractivity contribution >= 4 is 43.5 Å². The van der Waals surface area contributed by atoms with Crippen molar-refractivity contribution in [2.45, 2.75) is 39.4 Å². The van der Waals surface area contributed by atoms with Crippen LogP contribution in [0.25, 0.3) is 0 Å². The van der Waals surface area contributed by atoms with Gasteiger partial charge in [0, 0.05) is 22.6 Å². The molecule has 0 bridgehead atoms. The van der Waals surface area contributed by atoms with Crippen LogP contribution in [0.4, 0.5) is 10.1 Å². The standard InChI is InChI=1S/C22H27BrFN3O4S/c1-15(2)25-22(29)16(3)26(13-17-8-5-6-11-20(17)24)21(28)14-27(32(4,30)31)19-10-7-9-18(23)12-19/h5-12,15-16H,13-14H2,1-4H3,(H,25,29)/t16-/m0/s1. The number of rotatable bonds is 9. The third kappa shape index (κ3) is 7.03. The van der Waals surface area contributed by atoms with E-state index in [4.69, 9.17) is 0 Å². The summed E-state index contributed by atoms with van der Waals surface area (Å²) in [5, 5.41) is 2.74. The molecule has 1 N–H and O–H groups in total. The van der Waals surface area contributed by atoms with E-state index in [-0.39, 0.29) is 18.2 Å². The van der Waals surface area contributed by atoms with E-state index in [0.717, 1.165) is 10.6 Å². The fourth-order valence-electron chi connectivity index (χ4n) is 3.04. The smallest absolute Gasteiger partial charge is 0.244 e. The zero-order valence-corrected chi connectivity index (χ0v) is 20.8. The van der Waals surface area contributed by atoms with Crippen LogP contribution in [0.1, 0.15) is 26.3 Å². The van der Waals surface area contributed by atoms with Gasteiger partial charge in [0.15, 0.2) is 0 Å². The molecule has 2 amide bonds. The number of benzene rings is 2. The number of sulfonamides is 1. The average molecular weight is 528 g/mol. The molecule has 7 nitrogen and oxygen atoms in total. The number of halogens is 2. The average Bonchev–Trinajstić information content (AvgIpc) is 2.69. The highest BCUT2D eigenvalue weighted by Crippen LogP contribution is 2.23. The van der Waals surface area contributed by atoms with Gasteiger partial charge in [-0.2, -0.15) is 0 Å². The third-order valence-corrected chi connectivity index (χ3v) is 6.31. The molecule has 2 rings (SSSR count). The Hall–Kier alpha value is -2.46. The molecule has 0 radical (unpaired) electrons. The van der Waals surface area contributed by atoms with Gasteiger partial charge in [0.1, 0.15) is 18.4 Å². The Kier molecular flexibility index (Phi) is 8.80. The lowest BCUT2D eigenvalue weighted by atomic mass is 10.1. The van der Waals surface area contributed by atoms with Crippen molar-refractivity contribution < 1.29 is 22.4 Å². The van der Waals surface area contributed by atoms with Crippen LogP contribution in [0.2, 0.25) is 0 Å². The van der Waals surface area contributed by atoms with Crippen LogP contribution in [0, 0.1) is 5.82 Å². The fraction of sp³-hybridized carbons (Fsp3) is 0.364. The van der Waals surface area contributed by atoms with Crippen LogP contribution < -0.4 is 9.62 Å². The Morgan fingerprint density at radius 3 is 2.31 bits per heavy atom. The van der Waals surface area contributed by atoms with Gasteiger partial charge in [-0.25, -0.2) is 12.8 Å². The minimum absolute atomic E-state index is 0.162. The molecule has 0 fully saturated rings. The van der Waals surface area contributed by atoms with Gasteiger partial charge in [-0.1, -0.05) is 40.2 Å². The lowest BCUT2D eigenvalue weighted by Gasteiger charge is -2.32. The van der Waals surface area contributed by atoms with Crippen molar-refractivity contribution in [3.63, 3.8) is 0 Å². The molecule has 2 aromatic rings. The molecule has 0 aliphatic rings. The van der Waals surface area contributed by atoms with Crippen molar-refractivity contribution in [2.75, 3.05) is 17.1 Å². The quantitative estimate of drug-likeness (QED) is 0.542. The summed E-state index contributed by atoms with van der Waals surface area (Å²) >= 11 is 3.30. The Labute approximate surface area is 196 Å². The van der Waals surface area contributed by atoms with E-state index in [2.05, 4.69) is 21.2 Å². The van der Waals surface area contributed by atoms with Crippen molar-refractivity contribution in [1.29, 1.82) is 0 Å². The Bertz CT molecular complexity index is 1080. The number of hydrogen-bond acceptors (Lipinski definition) is 4. The molecule has 0 aliphatic carbocycles. The molecule has 174 valence electrons. The highest BCUT2D eigenvalue weighted by Gasteiger charge is 2.30. The van der Waals surface area contributed by atoms with E-state index in [0.29, 0.717) is 10.2 Å². The molecule has 10 heteroatoms. The molecule has 0 unspecified atom stereocenters. The van der Waals surface area contributed by atoms with Crippen molar-refractivity contribution in [3.05, 3.63) is 64.4 Å². The summed E-state index contributed by atoms with van der Waals surface area (Å²) in [4.78, 5) is 27.1. The maximum absolute atomic E-state index is 14.3. The predicted molar refractivity (Wildman–Crippen MR) is 126 cm³/mol. The first-order chi connectivity index (χ1) is 14.9. The second kappa shape index (κ2) is 10.9. The van der Waals surface area contributed by atoms with E-state index in [1.165, 1.54) is 30.0 Å². The summed E-state index contributed by atoms with van der Waals surface area (Å²) in [5.74, 6) is -1.57. The van der Waals surface area contributed by atoms with Crippen molar-refractivity contribution in [3.8, 4) is 0 Å². The molecule has 0 aliphatic heterocycles. The van der Waals surface area contributed by atoms with Gasteiger partial charge in [-0.05, 0) is 45.0 Å². The lowest BCUT2D eigenvalue weighted by Crippen LogP contribution is -2.52. The number of nitrogens with one attached hydrogen (secondary N) is 1. The minimum atomic E-state index is -3.82. The summed E-state index contributed by atoms with van der Waals surface area (Å²) in [6.45, 7) is 4.37. The second-order valence-electron chi connectivity index (χ2n) is 7.70. The van der Waals surface area contributed by atoms with E-state index >= 15 is 0 Å². The molecule has 2 aromatic carbocycles. The van der Waals surface area contributed by atoms with Crippen LogP contribution in [-0.4, -0.2) is 50.0 Å². The molecule has 0 saturated heterocycles. The van der Waals surface area contributed by atoms with Gasteiger partial charge >= 0.3 is 0 Å². The molecule has 0 saturated carbocycles. The highest BCUT2D eigenvalue weighted by atomic mass is 79.9. The van der Waals surface area contributed by atoms with Gasteiger partial charge in [0.2, 0.25) is 21.8 Å². The maximum atomic E-state index is 14.3. The minimum Gasteiger partial charge on any atom is -0.352 e. The van der Waals surface area contributed by atoms with E-state index in [1.807, 2.05) is 0 Å². The topological polar surface area (TPSA) is 86.8 Å². The summed E-state index contributed by atoms with van der Waals surface area (Å²) in [5.41, 5.74) is 0.513. The van der Waals surface area contributed by atoms with Crippen molar-refractivity contribution in [1.82, 2.24) is 10.2 Å². The first-order valence-corrected chi connectivity index (χ1v) is 12.6. The summed E-state index contributed by atoms with van der Waals surface area (Å²) in [7, 11) is -3.82. The van der Waals surface area contributed by atoms with E-state index in [1.54, 1.807) is 44.2 Å². The number of anilines is 1. The van der Waals surface area contributed by atoms with Gasteiger partial charge in [0.05, 0.1) is 11.9 Å². The SMILES string of the molecule is CC(C)NC(=O)[C@H](C)N(Cc1ccccc1F)C(=O)CN(c1cccc(Br)c1)S(C)(=O)=O. The summed E-state index contributed by atoms with van der Waals surface area (Å²) in [6.07, 6.45) is 0.997. The van der Waals surface area contributed by atoms with Crippen LogP contribution in [-0.2, 0) is 26.2 Å². The normalized spacial score (nSPS) is 12.3. The van der Waals surface area contributed by atoms with Gasteiger partial charge < -0.3 is 10.2 Å². The first-order valence-electron chi connectivity index (χ1n) is 9.96. The molecule has 1 atom stereocenters. The summed E-state index contributed by atoms with van der Waals surface area (Å²) in [6, 6.07) is 11.3. The Morgan fingerprint density at radius 1 is 1.09 bits per heavy atom. The predicted octanol–water partition coefficient (Wildman–Crippen LogP) is 3.30.